The number of anilines is 3. The standard InChI is InChI=1S/C31H20BN4S.Pt/c1-34-15-16-35(20-34)22-11-13-26-24-7-3-5-9-28(24)32-27-8-4-2-6-23(27)25-12-10-21(31-33-14-17-37-31)18-29(25)36(32)30(26)19-22;/h2-17,20H,1H3;/q-3;. The molecule has 0 bridgehead atoms. The van der Waals surface area contributed by atoms with Crippen molar-refractivity contribution < 1.29 is 21.1 Å². The van der Waals surface area contributed by atoms with E-state index in [1.807, 2.05) is 29.7 Å². The van der Waals surface area contributed by atoms with Crippen LogP contribution in [0.15, 0.2) is 96.8 Å². The zero-order chi connectivity index (χ0) is 24.5. The molecule has 0 unspecified atom stereocenters. The first-order valence-electron chi connectivity index (χ1n) is 12.3. The molecular weight excluding hydrogens is 666 g/mol. The predicted molar refractivity (Wildman–Crippen MR) is 153 cm³/mol. The maximum absolute atomic E-state index is 4.58. The number of thiazole rings is 1. The average Bonchev–Trinajstić information content (AvgIpc) is 3.65. The average molecular weight is 686 g/mol. The third-order valence-electron chi connectivity index (χ3n) is 7.38. The van der Waals surface area contributed by atoms with Crippen LogP contribution in [-0.2, 0) is 21.1 Å². The smallest absolute Gasteiger partial charge is 0.324 e. The van der Waals surface area contributed by atoms with Crippen LogP contribution in [0.5, 0.6) is 0 Å². The molecule has 4 heterocycles. The normalized spacial score (nSPS) is 14.3. The Hall–Kier alpha value is -3.60. The van der Waals surface area contributed by atoms with Crippen molar-refractivity contribution >= 4 is 46.2 Å². The van der Waals surface area contributed by atoms with E-state index in [2.05, 4.69) is 112 Å². The van der Waals surface area contributed by atoms with Crippen LogP contribution < -0.4 is 20.6 Å². The maximum Gasteiger partial charge on any atom is 0.324 e. The Kier molecular flexibility index (Phi) is 5.57. The van der Waals surface area contributed by atoms with Crippen molar-refractivity contribution in [1.29, 1.82) is 0 Å². The van der Waals surface area contributed by atoms with Crippen LogP contribution in [0.3, 0.4) is 0 Å². The van der Waals surface area contributed by atoms with Gasteiger partial charge in [0, 0.05) is 37.6 Å². The monoisotopic (exact) mass is 686 g/mol. The third kappa shape index (κ3) is 3.44. The van der Waals surface area contributed by atoms with Crippen molar-refractivity contribution in [1.82, 2.24) is 9.88 Å². The number of fused-ring (bicyclic) bond motifs is 11. The summed E-state index contributed by atoms with van der Waals surface area (Å²) in [7, 11) is 2.04. The maximum atomic E-state index is 4.58. The van der Waals surface area contributed by atoms with Gasteiger partial charge in [0.25, 0.3) is 0 Å². The van der Waals surface area contributed by atoms with E-state index >= 15 is 0 Å². The molecule has 38 heavy (non-hydrogen) atoms. The van der Waals surface area contributed by atoms with Gasteiger partial charge < -0.3 is 14.6 Å². The van der Waals surface area contributed by atoms with E-state index in [1.165, 1.54) is 33.2 Å². The van der Waals surface area contributed by atoms with E-state index in [-0.39, 0.29) is 27.9 Å². The van der Waals surface area contributed by atoms with Gasteiger partial charge in [-0.3, -0.25) is 4.98 Å². The van der Waals surface area contributed by atoms with Gasteiger partial charge >= 0.3 is 6.85 Å². The molecule has 0 amide bonds. The molecule has 0 atom stereocenters. The minimum atomic E-state index is 0. The van der Waals surface area contributed by atoms with E-state index in [4.69, 9.17) is 0 Å². The summed E-state index contributed by atoms with van der Waals surface area (Å²) < 4.78 is 0. The minimum absolute atomic E-state index is 0. The van der Waals surface area contributed by atoms with E-state index in [1.54, 1.807) is 11.3 Å². The summed E-state index contributed by atoms with van der Waals surface area (Å²) in [5.74, 6) is 0. The van der Waals surface area contributed by atoms with Crippen molar-refractivity contribution in [2.45, 2.75) is 0 Å². The summed E-state index contributed by atoms with van der Waals surface area (Å²) in [5, 5.41) is 3.00. The van der Waals surface area contributed by atoms with Gasteiger partial charge in [-0.25, -0.2) is 0 Å². The van der Waals surface area contributed by atoms with Crippen molar-refractivity contribution in [3.63, 3.8) is 0 Å². The second-order valence-corrected chi connectivity index (χ2v) is 10.4. The molecule has 0 spiro atoms. The molecule has 4 aromatic carbocycles. The fourth-order valence-electron chi connectivity index (χ4n) is 5.77. The number of hydrogen-bond donors (Lipinski definition) is 0. The third-order valence-corrected chi connectivity index (χ3v) is 8.18. The first kappa shape index (κ1) is 23.5. The van der Waals surface area contributed by atoms with E-state index in [9.17, 15) is 0 Å². The predicted octanol–water partition coefficient (Wildman–Crippen LogP) is 5.66. The van der Waals surface area contributed by atoms with Gasteiger partial charge in [0.2, 0.25) is 0 Å². The fourth-order valence-corrected chi connectivity index (χ4v) is 6.39. The first-order valence-corrected chi connectivity index (χ1v) is 13.2. The molecule has 4 nitrogen and oxygen atoms in total. The summed E-state index contributed by atoms with van der Waals surface area (Å²) in [4.78, 5) is 11.2. The summed E-state index contributed by atoms with van der Waals surface area (Å²) in [6.45, 7) is 2.10. The molecular formula is C31H20BN4PtS-3. The largest absolute Gasteiger partial charge is 0.510 e. The van der Waals surface area contributed by atoms with Crippen LogP contribution >= 0.6 is 11.3 Å². The molecule has 1 aromatic heterocycles. The zero-order valence-corrected chi connectivity index (χ0v) is 23.5. The number of hydrogen-bond acceptors (Lipinski definition) is 5. The zero-order valence-electron chi connectivity index (χ0n) is 20.4. The van der Waals surface area contributed by atoms with Gasteiger partial charge in [0.1, 0.15) is 0 Å². The molecule has 3 aliphatic heterocycles. The Bertz CT molecular complexity index is 1720. The van der Waals surface area contributed by atoms with Crippen molar-refractivity contribution in [3.8, 4) is 32.8 Å². The van der Waals surface area contributed by atoms with E-state index in [0.717, 1.165) is 27.6 Å². The molecule has 0 N–H and O–H groups in total. The van der Waals surface area contributed by atoms with Gasteiger partial charge in [0.15, 0.2) is 0 Å². The van der Waals surface area contributed by atoms with Crippen molar-refractivity contribution in [3.05, 3.63) is 116 Å². The number of benzene rings is 4. The van der Waals surface area contributed by atoms with Crippen LogP contribution in [-0.4, -0.2) is 23.8 Å². The molecule has 0 saturated heterocycles. The summed E-state index contributed by atoms with van der Waals surface area (Å²) in [5.41, 5.74) is 11.6. The molecule has 0 aliphatic carbocycles. The second kappa shape index (κ2) is 9.01. The van der Waals surface area contributed by atoms with Crippen LogP contribution in [0.2, 0.25) is 0 Å². The summed E-state index contributed by atoms with van der Waals surface area (Å²) in [6.07, 6.45) is 5.97. The number of aromatic nitrogens is 1. The fraction of sp³-hybridized carbons (Fsp3) is 0.0323. The molecule has 3 aliphatic rings. The van der Waals surface area contributed by atoms with Crippen LogP contribution in [0, 0.1) is 18.8 Å². The number of rotatable bonds is 2. The van der Waals surface area contributed by atoms with Crippen LogP contribution in [0.4, 0.5) is 17.1 Å². The van der Waals surface area contributed by atoms with Crippen LogP contribution in [0.25, 0.3) is 32.8 Å². The SMILES string of the molecule is CN1C=CN(c2[c-]c3c(cc2)-c2ccccc2B2c4ccccc4-c4ccc(-c5nccs5)[c-]c4N23)[CH-]1.[Pt]. The minimum Gasteiger partial charge on any atom is -0.510 e. The molecule has 0 fully saturated rings. The molecule has 5 aromatic rings. The Balaban J connectivity index is 0.00000242. The molecule has 186 valence electrons. The van der Waals surface area contributed by atoms with Gasteiger partial charge in [-0.05, 0) is 19.4 Å². The Morgan fingerprint density at radius 1 is 0.789 bits per heavy atom. The molecule has 7 heteroatoms. The Morgan fingerprint density at radius 2 is 1.47 bits per heavy atom. The van der Waals surface area contributed by atoms with E-state index in [0.29, 0.717) is 0 Å². The number of nitrogens with zero attached hydrogens (tertiary/aromatic N) is 4. The summed E-state index contributed by atoms with van der Waals surface area (Å²) in [6, 6.07) is 33.9. The molecule has 0 saturated carbocycles. The van der Waals surface area contributed by atoms with Gasteiger partial charge in [-0.1, -0.05) is 87.5 Å². The van der Waals surface area contributed by atoms with Gasteiger partial charge in [0.05, 0.1) is 0 Å². The second-order valence-electron chi connectivity index (χ2n) is 9.51. The van der Waals surface area contributed by atoms with Gasteiger partial charge in [-0.2, -0.15) is 24.1 Å². The van der Waals surface area contributed by atoms with Gasteiger partial charge in [-0.15, -0.1) is 47.1 Å². The Labute approximate surface area is 241 Å². The molecule has 0 radical (unpaired) electrons. The van der Waals surface area contributed by atoms with E-state index < -0.39 is 0 Å². The Morgan fingerprint density at radius 3 is 2.13 bits per heavy atom. The summed E-state index contributed by atoms with van der Waals surface area (Å²) >= 11 is 1.64. The topological polar surface area (TPSA) is 22.6 Å². The quantitative estimate of drug-likeness (QED) is 0.177. The van der Waals surface area contributed by atoms with Crippen LogP contribution in [0.1, 0.15) is 0 Å². The molecule has 8 rings (SSSR count). The van der Waals surface area contributed by atoms with Crippen molar-refractivity contribution in [2.75, 3.05) is 16.8 Å². The van der Waals surface area contributed by atoms with Crippen molar-refractivity contribution in [2.24, 2.45) is 0 Å². The first-order chi connectivity index (χ1) is 18.3.